The van der Waals surface area contributed by atoms with Crippen molar-refractivity contribution in [2.45, 2.75) is 6.04 Å². The smallest absolute Gasteiger partial charge is 0.137 e. The number of nitrogens with one attached hydrogen (secondary N) is 1. The molecule has 1 rings (SSSR count). The van der Waals surface area contributed by atoms with Gasteiger partial charge in [-0.05, 0) is 17.9 Å². The molecule has 1 unspecified atom stereocenters. The van der Waals surface area contributed by atoms with E-state index in [9.17, 15) is 0 Å². The van der Waals surface area contributed by atoms with Gasteiger partial charge in [0.1, 0.15) is 5.75 Å². The standard InChI is InChI=1S/C9H15N3OS/c1-13-8-3-7(4-11-5-8)9(12-10)6-14-2/h3-5,9,12H,6,10H2,1-2H3. The molecule has 0 radical (unpaired) electrons. The van der Waals surface area contributed by atoms with E-state index in [1.54, 1.807) is 31.3 Å². The summed E-state index contributed by atoms with van der Waals surface area (Å²) in [6, 6.07) is 2.06. The van der Waals surface area contributed by atoms with Crippen LogP contribution in [0, 0.1) is 0 Å². The van der Waals surface area contributed by atoms with Gasteiger partial charge in [0.05, 0.1) is 19.3 Å². The first kappa shape index (κ1) is 11.3. The van der Waals surface area contributed by atoms with Gasteiger partial charge in [-0.25, -0.2) is 0 Å². The zero-order chi connectivity index (χ0) is 10.4. The first-order valence-corrected chi connectivity index (χ1v) is 5.65. The van der Waals surface area contributed by atoms with Crippen molar-refractivity contribution in [2.75, 3.05) is 19.1 Å². The lowest BCUT2D eigenvalue weighted by Gasteiger charge is -2.14. The average Bonchev–Trinajstić information content (AvgIpc) is 2.26. The van der Waals surface area contributed by atoms with Gasteiger partial charge in [0, 0.05) is 11.9 Å². The van der Waals surface area contributed by atoms with Crippen LogP contribution in [-0.4, -0.2) is 24.1 Å². The second kappa shape index (κ2) is 5.85. The van der Waals surface area contributed by atoms with Crippen molar-refractivity contribution in [3.8, 4) is 5.75 Å². The Kier molecular flexibility index (Phi) is 4.72. The van der Waals surface area contributed by atoms with E-state index in [-0.39, 0.29) is 6.04 Å². The molecule has 4 nitrogen and oxygen atoms in total. The third-order valence-corrected chi connectivity index (χ3v) is 2.57. The molecule has 0 saturated heterocycles. The Balaban J connectivity index is 2.80. The van der Waals surface area contributed by atoms with Crippen molar-refractivity contribution in [3.63, 3.8) is 0 Å². The number of hydrogen-bond donors (Lipinski definition) is 2. The Labute approximate surface area is 88.2 Å². The SMILES string of the molecule is COc1cncc(C(CSC)NN)c1. The van der Waals surface area contributed by atoms with Crippen molar-refractivity contribution >= 4 is 11.8 Å². The maximum Gasteiger partial charge on any atom is 0.137 e. The second-order valence-corrected chi connectivity index (χ2v) is 3.74. The maximum atomic E-state index is 5.45. The van der Waals surface area contributed by atoms with Crippen LogP contribution in [0.5, 0.6) is 5.75 Å². The summed E-state index contributed by atoms with van der Waals surface area (Å²) in [5, 5.41) is 0. The molecule has 1 atom stereocenters. The lowest BCUT2D eigenvalue weighted by atomic mass is 10.1. The van der Waals surface area contributed by atoms with Crippen LogP contribution >= 0.6 is 11.8 Å². The fraction of sp³-hybridized carbons (Fsp3) is 0.444. The normalized spacial score (nSPS) is 12.5. The highest BCUT2D eigenvalue weighted by atomic mass is 32.2. The van der Waals surface area contributed by atoms with Crippen LogP contribution in [0.25, 0.3) is 0 Å². The molecule has 5 heteroatoms. The minimum atomic E-state index is 0.118. The Bertz CT molecular complexity index is 283. The van der Waals surface area contributed by atoms with Crippen LogP contribution < -0.4 is 16.0 Å². The lowest BCUT2D eigenvalue weighted by molar-refractivity contribution is 0.411. The number of rotatable bonds is 5. The molecule has 1 heterocycles. The quantitative estimate of drug-likeness (QED) is 0.563. The molecule has 0 fully saturated rings. The number of thioether (sulfide) groups is 1. The van der Waals surface area contributed by atoms with E-state index in [4.69, 9.17) is 10.6 Å². The number of aromatic nitrogens is 1. The van der Waals surface area contributed by atoms with Gasteiger partial charge in [-0.15, -0.1) is 0 Å². The molecule has 0 spiro atoms. The number of hydrazine groups is 1. The largest absolute Gasteiger partial charge is 0.495 e. The number of pyridine rings is 1. The molecule has 1 aromatic heterocycles. The third kappa shape index (κ3) is 2.87. The van der Waals surface area contributed by atoms with Crippen molar-refractivity contribution < 1.29 is 4.74 Å². The second-order valence-electron chi connectivity index (χ2n) is 2.83. The number of hydrogen-bond acceptors (Lipinski definition) is 5. The highest BCUT2D eigenvalue weighted by Gasteiger charge is 2.09. The van der Waals surface area contributed by atoms with Crippen molar-refractivity contribution in [1.29, 1.82) is 0 Å². The van der Waals surface area contributed by atoms with Crippen molar-refractivity contribution in [1.82, 2.24) is 10.4 Å². The summed E-state index contributed by atoms with van der Waals surface area (Å²) in [6.45, 7) is 0. The first-order chi connectivity index (χ1) is 6.81. The Morgan fingerprint density at radius 1 is 1.64 bits per heavy atom. The monoisotopic (exact) mass is 213 g/mol. The van der Waals surface area contributed by atoms with E-state index in [0.717, 1.165) is 17.1 Å². The molecule has 0 aliphatic heterocycles. The summed E-state index contributed by atoms with van der Waals surface area (Å²) < 4.78 is 5.09. The highest BCUT2D eigenvalue weighted by Crippen LogP contribution is 2.19. The van der Waals surface area contributed by atoms with Gasteiger partial charge in [-0.3, -0.25) is 16.3 Å². The summed E-state index contributed by atoms with van der Waals surface area (Å²) in [4.78, 5) is 4.08. The van der Waals surface area contributed by atoms with Gasteiger partial charge in [0.15, 0.2) is 0 Å². The van der Waals surface area contributed by atoms with Crippen LogP contribution in [-0.2, 0) is 0 Å². The fourth-order valence-electron chi connectivity index (χ4n) is 1.15. The molecular formula is C9H15N3OS. The summed E-state index contributed by atoms with van der Waals surface area (Å²) in [6.07, 6.45) is 5.51. The zero-order valence-corrected chi connectivity index (χ0v) is 9.17. The Morgan fingerprint density at radius 2 is 2.43 bits per heavy atom. The summed E-state index contributed by atoms with van der Waals surface area (Å²) in [5.41, 5.74) is 3.80. The molecular weight excluding hydrogens is 198 g/mol. The van der Waals surface area contributed by atoms with Crippen LogP contribution in [0.3, 0.4) is 0 Å². The Morgan fingerprint density at radius 3 is 3.00 bits per heavy atom. The fourth-order valence-corrected chi connectivity index (χ4v) is 1.77. The molecule has 1 aromatic rings. The van der Waals surface area contributed by atoms with Gasteiger partial charge >= 0.3 is 0 Å². The van der Waals surface area contributed by atoms with Gasteiger partial charge in [0.25, 0.3) is 0 Å². The van der Waals surface area contributed by atoms with Gasteiger partial charge in [0.2, 0.25) is 0 Å². The molecule has 0 aliphatic carbocycles. The molecule has 0 aliphatic rings. The number of nitrogens with two attached hydrogens (primary N) is 1. The van der Waals surface area contributed by atoms with Gasteiger partial charge in [-0.2, -0.15) is 11.8 Å². The molecule has 3 N–H and O–H groups in total. The van der Waals surface area contributed by atoms with E-state index in [1.807, 2.05) is 12.3 Å². The predicted molar refractivity (Wildman–Crippen MR) is 59.2 cm³/mol. The number of methoxy groups -OCH3 is 1. The third-order valence-electron chi connectivity index (χ3n) is 1.91. The average molecular weight is 213 g/mol. The topological polar surface area (TPSA) is 60.2 Å². The molecule has 14 heavy (non-hydrogen) atoms. The number of ether oxygens (including phenoxy) is 1. The van der Waals surface area contributed by atoms with Gasteiger partial charge < -0.3 is 4.74 Å². The molecule has 0 amide bonds. The lowest BCUT2D eigenvalue weighted by Crippen LogP contribution is -2.29. The molecule has 78 valence electrons. The number of nitrogens with zero attached hydrogens (tertiary/aromatic N) is 1. The zero-order valence-electron chi connectivity index (χ0n) is 8.36. The van der Waals surface area contributed by atoms with E-state index < -0.39 is 0 Å². The van der Waals surface area contributed by atoms with E-state index in [1.165, 1.54) is 0 Å². The molecule has 0 bridgehead atoms. The summed E-state index contributed by atoms with van der Waals surface area (Å²) in [7, 11) is 1.63. The summed E-state index contributed by atoms with van der Waals surface area (Å²) in [5.74, 6) is 7.11. The molecule has 0 saturated carbocycles. The summed E-state index contributed by atoms with van der Waals surface area (Å²) >= 11 is 1.73. The van der Waals surface area contributed by atoms with Gasteiger partial charge in [-0.1, -0.05) is 0 Å². The van der Waals surface area contributed by atoms with Crippen molar-refractivity contribution in [3.05, 3.63) is 24.0 Å². The predicted octanol–water partition coefficient (Wildman–Crippen LogP) is 0.958. The minimum absolute atomic E-state index is 0.118. The molecule has 0 aromatic carbocycles. The van der Waals surface area contributed by atoms with Crippen LogP contribution in [0.2, 0.25) is 0 Å². The minimum Gasteiger partial charge on any atom is -0.495 e. The van der Waals surface area contributed by atoms with Crippen LogP contribution in [0.15, 0.2) is 18.5 Å². The van der Waals surface area contributed by atoms with E-state index >= 15 is 0 Å². The van der Waals surface area contributed by atoms with Crippen LogP contribution in [0.1, 0.15) is 11.6 Å². The Hall–Kier alpha value is -0.780. The highest BCUT2D eigenvalue weighted by molar-refractivity contribution is 7.98. The van der Waals surface area contributed by atoms with E-state index in [0.29, 0.717) is 0 Å². The van der Waals surface area contributed by atoms with E-state index in [2.05, 4.69) is 10.4 Å². The first-order valence-electron chi connectivity index (χ1n) is 4.25. The van der Waals surface area contributed by atoms with Crippen molar-refractivity contribution in [2.24, 2.45) is 5.84 Å². The maximum absolute atomic E-state index is 5.45. The van der Waals surface area contributed by atoms with Crippen LogP contribution in [0.4, 0.5) is 0 Å².